The van der Waals surface area contributed by atoms with E-state index in [1.54, 1.807) is 43.3 Å². The van der Waals surface area contributed by atoms with Crippen LogP contribution in [0.5, 0.6) is 0 Å². The lowest BCUT2D eigenvalue weighted by Gasteiger charge is -2.32. The Kier molecular flexibility index (Phi) is 11.3. The zero-order chi connectivity index (χ0) is 29.1. The predicted octanol–water partition coefficient (Wildman–Crippen LogP) is 5.13. The smallest absolute Gasteiger partial charge is 0.264 e. The summed E-state index contributed by atoms with van der Waals surface area (Å²) in [6.45, 7) is 7.96. The summed E-state index contributed by atoms with van der Waals surface area (Å²) in [6, 6.07) is 22.8. The number of hydrogen-bond acceptors (Lipinski definition) is 4. The maximum atomic E-state index is 14.0. The Bertz CT molecular complexity index is 1360. The lowest BCUT2D eigenvalue weighted by Crippen LogP contribution is -2.52. The second kappa shape index (κ2) is 14.7. The van der Waals surface area contributed by atoms with Gasteiger partial charge >= 0.3 is 0 Å². The van der Waals surface area contributed by atoms with Crippen LogP contribution in [0.15, 0.2) is 83.8 Å². The number of rotatable bonds is 14. The largest absolute Gasteiger partial charge is 0.354 e. The van der Waals surface area contributed by atoms with Crippen molar-refractivity contribution in [3.63, 3.8) is 0 Å². The zero-order valence-corrected chi connectivity index (χ0v) is 24.8. The van der Waals surface area contributed by atoms with Gasteiger partial charge in [-0.15, -0.1) is 0 Å². The van der Waals surface area contributed by atoms with E-state index in [-0.39, 0.29) is 17.3 Å². The van der Waals surface area contributed by atoms with Crippen LogP contribution in [0.1, 0.15) is 50.3 Å². The van der Waals surface area contributed by atoms with E-state index in [9.17, 15) is 18.0 Å². The summed E-state index contributed by atoms with van der Waals surface area (Å²) in [6.07, 6.45) is 2.91. The normalized spacial score (nSPS) is 12.0. The number of carbonyl (C=O) groups is 2. The molecule has 1 N–H and O–H groups in total. The minimum absolute atomic E-state index is 0.109. The third-order valence-electron chi connectivity index (χ3n) is 7.01. The molecule has 0 fully saturated rings. The van der Waals surface area contributed by atoms with E-state index < -0.39 is 28.5 Å². The molecule has 1 unspecified atom stereocenters. The lowest BCUT2D eigenvalue weighted by molar-refractivity contribution is -0.138. The van der Waals surface area contributed by atoms with Crippen molar-refractivity contribution in [3.05, 3.63) is 95.6 Å². The number of amides is 2. The van der Waals surface area contributed by atoms with Crippen molar-refractivity contribution in [1.82, 2.24) is 10.2 Å². The van der Waals surface area contributed by atoms with Crippen molar-refractivity contribution >= 4 is 27.5 Å². The lowest BCUT2D eigenvalue weighted by atomic mass is 10.1. The van der Waals surface area contributed by atoms with Crippen LogP contribution >= 0.6 is 0 Å². The van der Waals surface area contributed by atoms with E-state index in [0.717, 1.165) is 29.5 Å². The molecule has 3 aromatic carbocycles. The second-order valence-electron chi connectivity index (χ2n) is 9.95. The number of para-hydroxylation sites is 1. The van der Waals surface area contributed by atoms with Gasteiger partial charge in [-0.05, 0) is 62.4 Å². The number of benzene rings is 3. The molecule has 3 rings (SSSR count). The summed E-state index contributed by atoms with van der Waals surface area (Å²) < 4.78 is 29.2. The fourth-order valence-corrected chi connectivity index (χ4v) is 5.96. The predicted molar refractivity (Wildman–Crippen MR) is 161 cm³/mol. The van der Waals surface area contributed by atoms with E-state index in [4.69, 9.17) is 0 Å². The Labute approximate surface area is 239 Å². The molecule has 0 aliphatic carbocycles. The Hall–Kier alpha value is -3.65. The molecule has 2 amide bonds. The maximum Gasteiger partial charge on any atom is 0.264 e. The molecule has 1 atom stereocenters. The van der Waals surface area contributed by atoms with Crippen LogP contribution < -0.4 is 9.62 Å². The summed E-state index contributed by atoms with van der Waals surface area (Å²) in [7, 11) is -4.08. The quantitative estimate of drug-likeness (QED) is 0.276. The highest BCUT2D eigenvalue weighted by atomic mass is 32.2. The highest BCUT2D eigenvalue weighted by Crippen LogP contribution is 2.28. The number of hydrogen-bond donors (Lipinski definition) is 1. The van der Waals surface area contributed by atoms with Crippen LogP contribution in [-0.2, 0) is 32.5 Å². The van der Waals surface area contributed by atoms with Gasteiger partial charge in [0.2, 0.25) is 11.8 Å². The van der Waals surface area contributed by atoms with Gasteiger partial charge in [0.15, 0.2) is 0 Å². The first-order valence-electron chi connectivity index (χ1n) is 14.0. The fourth-order valence-electron chi connectivity index (χ4n) is 4.51. The van der Waals surface area contributed by atoms with Crippen LogP contribution in [0.25, 0.3) is 0 Å². The standard InChI is InChI=1S/C32H41N3O4S/c1-5-7-22-33-32(37)26(4)34(23-21-27-13-9-8-10-14-27)31(36)24-35(30-16-12-11-15-28(30)6-2)40(38,39)29-19-17-25(3)18-20-29/h8-20,26H,5-7,21-24H2,1-4H3,(H,33,37). The van der Waals surface area contributed by atoms with Crippen molar-refractivity contribution in [2.75, 3.05) is 23.9 Å². The molecular formula is C32H41N3O4S. The highest BCUT2D eigenvalue weighted by molar-refractivity contribution is 7.92. The minimum Gasteiger partial charge on any atom is -0.354 e. The topological polar surface area (TPSA) is 86.8 Å². The third-order valence-corrected chi connectivity index (χ3v) is 8.78. The Morgan fingerprint density at radius 2 is 1.55 bits per heavy atom. The van der Waals surface area contributed by atoms with Crippen LogP contribution in [-0.4, -0.2) is 50.8 Å². The van der Waals surface area contributed by atoms with E-state index >= 15 is 0 Å². The maximum absolute atomic E-state index is 14.0. The zero-order valence-electron chi connectivity index (χ0n) is 24.0. The molecule has 0 aliphatic heterocycles. The van der Waals surface area contributed by atoms with Gasteiger partial charge in [-0.2, -0.15) is 0 Å². The number of nitrogens with one attached hydrogen (secondary N) is 1. The Balaban J connectivity index is 1.98. The van der Waals surface area contributed by atoms with Crippen LogP contribution in [0.2, 0.25) is 0 Å². The third kappa shape index (κ3) is 7.94. The van der Waals surface area contributed by atoms with E-state index in [1.165, 1.54) is 9.21 Å². The number of unbranched alkanes of at least 4 members (excludes halogenated alkanes) is 1. The monoisotopic (exact) mass is 563 g/mol. The Morgan fingerprint density at radius 3 is 2.20 bits per heavy atom. The Morgan fingerprint density at radius 1 is 0.900 bits per heavy atom. The molecule has 0 saturated carbocycles. The van der Waals surface area contributed by atoms with E-state index in [1.807, 2.05) is 63.2 Å². The first-order valence-corrected chi connectivity index (χ1v) is 15.4. The molecule has 0 spiro atoms. The molecule has 0 bridgehead atoms. The molecule has 8 heteroatoms. The summed E-state index contributed by atoms with van der Waals surface area (Å²) in [4.78, 5) is 28.7. The van der Waals surface area contributed by atoms with Gasteiger partial charge in [0.25, 0.3) is 10.0 Å². The van der Waals surface area contributed by atoms with Crippen LogP contribution in [0.3, 0.4) is 0 Å². The molecule has 0 aromatic heterocycles. The molecule has 214 valence electrons. The van der Waals surface area contributed by atoms with Crippen molar-refractivity contribution in [3.8, 4) is 0 Å². The van der Waals surface area contributed by atoms with Gasteiger partial charge in [0, 0.05) is 13.1 Å². The highest BCUT2D eigenvalue weighted by Gasteiger charge is 2.33. The number of carbonyl (C=O) groups excluding carboxylic acids is 2. The molecule has 3 aromatic rings. The van der Waals surface area contributed by atoms with Crippen molar-refractivity contribution < 1.29 is 18.0 Å². The number of sulfonamides is 1. The molecule has 40 heavy (non-hydrogen) atoms. The summed E-state index contributed by atoms with van der Waals surface area (Å²) in [5, 5.41) is 2.92. The SMILES string of the molecule is CCCCNC(=O)C(C)N(CCc1ccccc1)C(=O)CN(c1ccccc1CC)S(=O)(=O)c1ccc(C)cc1. The van der Waals surface area contributed by atoms with Gasteiger partial charge < -0.3 is 10.2 Å². The summed E-state index contributed by atoms with van der Waals surface area (Å²) in [5.41, 5.74) is 3.24. The molecule has 0 radical (unpaired) electrons. The molecular weight excluding hydrogens is 522 g/mol. The average Bonchev–Trinajstić information content (AvgIpc) is 2.96. The molecule has 7 nitrogen and oxygen atoms in total. The second-order valence-corrected chi connectivity index (χ2v) is 11.8. The first-order chi connectivity index (χ1) is 19.2. The summed E-state index contributed by atoms with van der Waals surface area (Å²) >= 11 is 0. The molecule has 0 aliphatic rings. The van der Waals surface area contributed by atoms with Crippen molar-refractivity contribution in [2.45, 2.75) is 64.3 Å². The van der Waals surface area contributed by atoms with E-state index in [2.05, 4.69) is 5.32 Å². The van der Waals surface area contributed by atoms with Crippen LogP contribution in [0.4, 0.5) is 5.69 Å². The van der Waals surface area contributed by atoms with Crippen LogP contribution in [0, 0.1) is 6.92 Å². The van der Waals surface area contributed by atoms with Gasteiger partial charge in [0.1, 0.15) is 12.6 Å². The first kappa shape index (κ1) is 30.9. The number of nitrogens with zero attached hydrogens (tertiary/aromatic N) is 2. The number of aryl methyl sites for hydroxylation is 2. The minimum atomic E-state index is -4.08. The summed E-state index contributed by atoms with van der Waals surface area (Å²) in [5.74, 6) is -0.688. The van der Waals surface area contributed by atoms with E-state index in [0.29, 0.717) is 25.1 Å². The van der Waals surface area contributed by atoms with Gasteiger partial charge in [-0.1, -0.05) is 86.5 Å². The fraction of sp³-hybridized carbons (Fsp3) is 0.375. The van der Waals surface area contributed by atoms with Gasteiger partial charge in [-0.25, -0.2) is 8.42 Å². The molecule has 0 saturated heterocycles. The number of anilines is 1. The van der Waals surface area contributed by atoms with Gasteiger partial charge in [-0.3, -0.25) is 13.9 Å². The van der Waals surface area contributed by atoms with Crippen molar-refractivity contribution in [2.24, 2.45) is 0 Å². The van der Waals surface area contributed by atoms with Gasteiger partial charge in [0.05, 0.1) is 10.6 Å². The van der Waals surface area contributed by atoms with Crippen molar-refractivity contribution in [1.29, 1.82) is 0 Å². The molecule has 0 heterocycles. The average molecular weight is 564 g/mol.